The van der Waals surface area contributed by atoms with Crippen LogP contribution in [-0.2, 0) is 27.4 Å². The van der Waals surface area contributed by atoms with Crippen LogP contribution in [0.25, 0.3) is 0 Å². The van der Waals surface area contributed by atoms with Gasteiger partial charge in [0.25, 0.3) is 0 Å². The number of aliphatic carboxylic acids is 1. The third-order valence-corrected chi connectivity index (χ3v) is 4.36. The number of hydrogen-bond acceptors (Lipinski definition) is 6. The van der Waals surface area contributed by atoms with Gasteiger partial charge in [0.05, 0.1) is 17.7 Å². The predicted octanol–water partition coefficient (Wildman–Crippen LogP) is 1.35. The van der Waals surface area contributed by atoms with Crippen molar-refractivity contribution in [2.75, 3.05) is 0 Å². The van der Waals surface area contributed by atoms with Crippen LogP contribution in [-0.4, -0.2) is 46.4 Å². The SMILES string of the molecule is C[C@@H](O)[C@H](NC(=O)OCc1ccccc1)C(=O)N[C@@H](Cc1cccc(C#N)c1)C(=O)O. The van der Waals surface area contributed by atoms with Gasteiger partial charge >= 0.3 is 12.1 Å². The molecule has 0 fully saturated rings. The third kappa shape index (κ3) is 7.45. The van der Waals surface area contributed by atoms with Crippen LogP contribution in [0.3, 0.4) is 0 Å². The first kappa shape index (κ1) is 23.4. The number of hydrogen-bond donors (Lipinski definition) is 4. The van der Waals surface area contributed by atoms with Crippen molar-refractivity contribution in [2.45, 2.75) is 38.1 Å². The molecule has 4 N–H and O–H groups in total. The summed E-state index contributed by atoms with van der Waals surface area (Å²) in [6.45, 7) is 1.25. The number of nitrogens with one attached hydrogen (secondary N) is 2. The number of carboxylic acid groups (broad SMARTS) is 1. The first-order chi connectivity index (χ1) is 14.8. The summed E-state index contributed by atoms with van der Waals surface area (Å²) in [5.74, 6) is -2.18. The number of carbonyl (C=O) groups is 3. The molecule has 0 bridgehead atoms. The minimum absolute atomic E-state index is 0.0339. The molecule has 0 saturated carbocycles. The summed E-state index contributed by atoms with van der Waals surface area (Å²) in [5, 5.41) is 32.9. The van der Waals surface area contributed by atoms with E-state index in [1.807, 2.05) is 12.1 Å². The maximum absolute atomic E-state index is 12.6. The van der Waals surface area contributed by atoms with Gasteiger partial charge in [-0.2, -0.15) is 5.26 Å². The summed E-state index contributed by atoms with van der Waals surface area (Å²) in [7, 11) is 0. The zero-order chi connectivity index (χ0) is 22.8. The lowest BCUT2D eigenvalue weighted by atomic mass is 10.0. The van der Waals surface area contributed by atoms with E-state index in [1.54, 1.807) is 42.5 Å². The number of carboxylic acids is 1. The molecule has 0 aromatic heterocycles. The molecule has 3 atom stereocenters. The number of alkyl carbamates (subject to hydrolysis) is 1. The normalized spacial score (nSPS) is 13.2. The third-order valence-electron chi connectivity index (χ3n) is 4.36. The molecule has 0 unspecified atom stereocenters. The first-order valence-electron chi connectivity index (χ1n) is 9.47. The van der Waals surface area contributed by atoms with Crippen LogP contribution in [0.4, 0.5) is 4.79 Å². The molecule has 9 nitrogen and oxygen atoms in total. The van der Waals surface area contributed by atoms with Crippen molar-refractivity contribution in [3.63, 3.8) is 0 Å². The quantitative estimate of drug-likeness (QED) is 0.474. The fourth-order valence-corrected chi connectivity index (χ4v) is 2.76. The van der Waals surface area contributed by atoms with Crippen LogP contribution in [0.1, 0.15) is 23.6 Å². The molecular weight excluding hydrogens is 402 g/mol. The van der Waals surface area contributed by atoms with Crippen molar-refractivity contribution in [3.8, 4) is 6.07 Å². The second kappa shape index (κ2) is 11.3. The number of rotatable bonds is 9. The molecule has 2 aromatic rings. The zero-order valence-corrected chi connectivity index (χ0v) is 16.8. The van der Waals surface area contributed by atoms with Crippen molar-refractivity contribution in [3.05, 3.63) is 71.3 Å². The molecule has 0 aliphatic heterocycles. The Morgan fingerprint density at radius 3 is 2.35 bits per heavy atom. The van der Waals surface area contributed by atoms with E-state index in [-0.39, 0.29) is 13.0 Å². The monoisotopic (exact) mass is 425 g/mol. The maximum atomic E-state index is 12.6. The Morgan fingerprint density at radius 1 is 1.06 bits per heavy atom. The Labute approximate surface area is 179 Å². The van der Waals surface area contributed by atoms with E-state index < -0.39 is 36.2 Å². The summed E-state index contributed by atoms with van der Waals surface area (Å²) >= 11 is 0. The fourth-order valence-electron chi connectivity index (χ4n) is 2.76. The Balaban J connectivity index is 2.00. The van der Waals surface area contributed by atoms with Gasteiger partial charge in [-0.3, -0.25) is 4.79 Å². The molecule has 0 heterocycles. The number of aliphatic hydroxyl groups is 1. The lowest BCUT2D eigenvalue weighted by Gasteiger charge is -2.23. The van der Waals surface area contributed by atoms with Gasteiger partial charge < -0.3 is 25.6 Å². The van der Waals surface area contributed by atoms with Crippen molar-refractivity contribution < 1.29 is 29.3 Å². The van der Waals surface area contributed by atoms with Crippen LogP contribution >= 0.6 is 0 Å². The van der Waals surface area contributed by atoms with Gasteiger partial charge in [0, 0.05) is 6.42 Å². The Bertz CT molecular complexity index is 955. The second-order valence-electron chi connectivity index (χ2n) is 6.84. The van der Waals surface area contributed by atoms with E-state index >= 15 is 0 Å². The number of ether oxygens (including phenoxy) is 1. The Morgan fingerprint density at radius 2 is 1.74 bits per heavy atom. The molecule has 162 valence electrons. The van der Waals surface area contributed by atoms with Gasteiger partial charge in [-0.1, -0.05) is 42.5 Å². The van der Waals surface area contributed by atoms with Crippen molar-refractivity contribution in [2.24, 2.45) is 0 Å². The lowest BCUT2D eigenvalue weighted by Crippen LogP contribution is -2.56. The average molecular weight is 425 g/mol. The molecule has 2 amide bonds. The summed E-state index contributed by atoms with van der Waals surface area (Å²) in [5.41, 5.74) is 1.63. The van der Waals surface area contributed by atoms with Crippen LogP contribution in [0, 0.1) is 11.3 Å². The number of nitrogens with zero attached hydrogens (tertiary/aromatic N) is 1. The highest BCUT2D eigenvalue weighted by Crippen LogP contribution is 2.08. The van der Waals surface area contributed by atoms with Gasteiger partial charge in [0.1, 0.15) is 18.7 Å². The van der Waals surface area contributed by atoms with Gasteiger partial charge in [0.2, 0.25) is 5.91 Å². The smallest absolute Gasteiger partial charge is 0.408 e. The molecule has 31 heavy (non-hydrogen) atoms. The van der Waals surface area contributed by atoms with Crippen LogP contribution in [0.2, 0.25) is 0 Å². The van der Waals surface area contributed by atoms with Gasteiger partial charge in [-0.05, 0) is 30.2 Å². The largest absolute Gasteiger partial charge is 0.480 e. The maximum Gasteiger partial charge on any atom is 0.408 e. The Kier molecular flexibility index (Phi) is 8.54. The molecule has 0 aliphatic carbocycles. The van der Waals surface area contributed by atoms with Gasteiger partial charge in [0.15, 0.2) is 0 Å². The molecular formula is C22H23N3O6. The van der Waals surface area contributed by atoms with Crippen LogP contribution in [0.15, 0.2) is 54.6 Å². The van der Waals surface area contributed by atoms with Crippen molar-refractivity contribution >= 4 is 18.0 Å². The number of benzene rings is 2. The predicted molar refractivity (Wildman–Crippen MR) is 110 cm³/mol. The van der Waals surface area contributed by atoms with E-state index in [0.29, 0.717) is 11.1 Å². The minimum atomic E-state index is -1.42. The molecule has 2 rings (SSSR count). The topological polar surface area (TPSA) is 149 Å². The van der Waals surface area contributed by atoms with E-state index in [2.05, 4.69) is 10.6 Å². The van der Waals surface area contributed by atoms with Crippen LogP contribution < -0.4 is 10.6 Å². The van der Waals surface area contributed by atoms with Gasteiger partial charge in [-0.15, -0.1) is 0 Å². The Hall–Kier alpha value is -3.90. The van der Waals surface area contributed by atoms with Gasteiger partial charge in [-0.25, -0.2) is 9.59 Å². The standard InChI is InChI=1S/C22H23N3O6/c1-14(26)19(25-22(30)31-13-15-6-3-2-4-7-15)20(27)24-18(21(28)29)11-16-8-5-9-17(10-16)12-23/h2-10,14,18-19,26H,11,13H2,1H3,(H,24,27)(H,25,30)(H,28,29)/t14-,18+,19+/m1/s1. The molecule has 0 radical (unpaired) electrons. The fraction of sp³-hybridized carbons (Fsp3) is 0.273. The second-order valence-corrected chi connectivity index (χ2v) is 6.84. The molecule has 9 heteroatoms. The van der Waals surface area contributed by atoms with E-state index in [1.165, 1.54) is 13.0 Å². The average Bonchev–Trinajstić information content (AvgIpc) is 2.76. The minimum Gasteiger partial charge on any atom is -0.480 e. The van der Waals surface area contributed by atoms with Crippen molar-refractivity contribution in [1.29, 1.82) is 5.26 Å². The van der Waals surface area contributed by atoms with E-state index in [4.69, 9.17) is 10.00 Å². The summed E-state index contributed by atoms with van der Waals surface area (Å²) < 4.78 is 5.04. The lowest BCUT2D eigenvalue weighted by molar-refractivity contribution is -0.142. The van der Waals surface area contributed by atoms with E-state index in [0.717, 1.165) is 5.56 Å². The molecule has 0 spiro atoms. The highest BCUT2D eigenvalue weighted by molar-refractivity contribution is 5.89. The van der Waals surface area contributed by atoms with Crippen LogP contribution in [0.5, 0.6) is 0 Å². The summed E-state index contributed by atoms with van der Waals surface area (Å²) in [6.07, 6.45) is -2.32. The number of amides is 2. The first-order valence-corrected chi connectivity index (χ1v) is 9.47. The molecule has 0 saturated heterocycles. The highest BCUT2D eigenvalue weighted by atomic mass is 16.5. The number of nitriles is 1. The highest BCUT2D eigenvalue weighted by Gasteiger charge is 2.30. The molecule has 2 aromatic carbocycles. The number of carbonyl (C=O) groups excluding carboxylic acids is 2. The summed E-state index contributed by atoms with van der Waals surface area (Å²) in [6, 6.07) is 14.4. The van der Waals surface area contributed by atoms with E-state index in [9.17, 15) is 24.6 Å². The zero-order valence-electron chi connectivity index (χ0n) is 16.8. The summed E-state index contributed by atoms with van der Waals surface area (Å²) in [4.78, 5) is 36.2. The number of aliphatic hydroxyl groups excluding tert-OH is 1. The molecule has 0 aliphatic rings. The van der Waals surface area contributed by atoms with Crippen molar-refractivity contribution in [1.82, 2.24) is 10.6 Å².